The van der Waals surface area contributed by atoms with E-state index >= 15 is 0 Å². The number of hydrogen-bond acceptors (Lipinski definition) is 5. The number of nitrogens with zero attached hydrogens (tertiary/aromatic N) is 3. The fraction of sp³-hybridized carbons (Fsp3) is 0.579. The Bertz CT molecular complexity index is 626. The van der Waals surface area contributed by atoms with E-state index in [0.717, 1.165) is 45.8 Å². The lowest BCUT2D eigenvalue weighted by molar-refractivity contribution is -0.136. The number of rotatable bonds is 6. The van der Waals surface area contributed by atoms with Crippen LogP contribution in [0.4, 0.5) is 0 Å². The summed E-state index contributed by atoms with van der Waals surface area (Å²) in [6.07, 6.45) is 0.549. The van der Waals surface area contributed by atoms with Crippen LogP contribution in [-0.2, 0) is 9.59 Å². The van der Waals surface area contributed by atoms with Crippen molar-refractivity contribution >= 4 is 23.4 Å². The number of halogens is 1. The Kier molecular flexibility index (Phi) is 7.32. The first-order valence-electron chi connectivity index (χ1n) is 9.49. The van der Waals surface area contributed by atoms with E-state index in [2.05, 4.69) is 10.2 Å². The SMILES string of the molecule is O=C(CCN1CCN(C(=O)COc2ccc(Cl)cc2)CC1)N1CCNCC1. The summed E-state index contributed by atoms with van der Waals surface area (Å²) >= 11 is 5.84. The Morgan fingerprint density at radius 1 is 0.926 bits per heavy atom. The molecule has 0 atom stereocenters. The van der Waals surface area contributed by atoms with Crippen molar-refractivity contribution in [1.82, 2.24) is 20.0 Å². The minimum Gasteiger partial charge on any atom is -0.484 e. The molecule has 7 nitrogen and oxygen atoms in total. The first kappa shape index (κ1) is 19.9. The second kappa shape index (κ2) is 9.92. The van der Waals surface area contributed by atoms with Gasteiger partial charge in [0.05, 0.1) is 0 Å². The number of piperazine rings is 2. The van der Waals surface area contributed by atoms with Gasteiger partial charge in [0, 0.05) is 70.3 Å². The van der Waals surface area contributed by atoms with Crippen LogP contribution in [0.1, 0.15) is 6.42 Å². The molecule has 2 aliphatic heterocycles. The van der Waals surface area contributed by atoms with Crippen LogP contribution < -0.4 is 10.1 Å². The first-order valence-corrected chi connectivity index (χ1v) is 9.86. The molecule has 1 N–H and O–H groups in total. The number of carbonyl (C=O) groups excluding carboxylic acids is 2. The predicted molar refractivity (Wildman–Crippen MR) is 104 cm³/mol. The molecule has 2 fully saturated rings. The third-order valence-corrected chi connectivity index (χ3v) is 5.26. The van der Waals surface area contributed by atoms with Crippen molar-refractivity contribution < 1.29 is 14.3 Å². The van der Waals surface area contributed by atoms with Gasteiger partial charge in [-0.25, -0.2) is 0 Å². The third kappa shape index (κ3) is 6.09. The van der Waals surface area contributed by atoms with Crippen LogP contribution in [0.3, 0.4) is 0 Å². The highest BCUT2D eigenvalue weighted by Crippen LogP contribution is 2.15. The normalized spacial score (nSPS) is 18.4. The highest BCUT2D eigenvalue weighted by Gasteiger charge is 2.23. The quantitative estimate of drug-likeness (QED) is 0.768. The van der Waals surface area contributed by atoms with Crippen molar-refractivity contribution in [2.45, 2.75) is 6.42 Å². The van der Waals surface area contributed by atoms with Gasteiger partial charge in [-0.1, -0.05) is 11.6 Å². The van der Waals surface area contributed by atoms with Gasteiger partial charge in [0.15, 0.2) is 6.61 Å². The molecule has 0 radical (unpaired) electrons. The summed E-state index contributed by atoms with van der Waals surface area (Å²) < 4.78 is 5.53. The molecule has 27 heavy (non-hydrogen) atoms. The van der Waals surface area contributed by atoms with Gasteiger partial charge in [0.2, 0.25) is 5.91 Å². The van der Waals surface area contributed by atoms with Crippen molar-refractivity contribution in [1.29, 1.82) is 0 Å². The van der Waals surface area contributed by atoms with E-state index in [1.807, 2.05) is 9.80 Å². The molecule has 3 rings (SSSR count). The average molecular weight is 395 g/mol. The summed E-state index contributed by atoms with van der Waals surface area (Å²) in [5.41, 5.74) is 0. The summed E-state index contributed by atoms with van der Waals surface area (Å²) in [4.78, 5) is 30.6. The Morgan fingerprint density at radius 3 is 2.22 bits per heavy atom. The van der Waals surface area contributed by atoms with Gasteiger partial charge < -0.3 is 19.9 Å². The highest BCUT2D eigenvalue weighted by molar-refractivity contribution is 6.30. The number of carbonyl (C=O) groups is 2. The summed E-state index contributed by atoms with van der Waals surface area (Å²) in [6, 6.07) is 6.98. The molecule has 2 heterocycles. The summed E-state index contributed by atoms with van der Waals surface area (Å²) in [7, 11) is 0. The number of hydrogen-bond donors (Lipinski definition) is 1. The fourth-order valence-electron chi connectivity index (χ4n) is 3.31. The van der Waals surface area contributed by atoms with Crippen LogP contribution in [-0.4, -0.2) is 92.0 Å². The lowest BCUT2D eigenvalue weighted by Gasteiger charge is -2.35. The van der Waals surface area contributed by atoms with Crippen molar-refractivity contribution in [2.24, 2.45) is 0 Å². The van der Waals surface area contributed by atoms with Crippen LogP contribution in [0.5, 0.6) is 5.75 Å². The van der Waals surface area contributed by atoms with E-state index in [1.54, 1.807) is 24.3 Å². The zero-order chi connectivity index (χ0) is 19.1. The first-order chi connectivity index (χ1) is 13.1. The smallest absolute Gasteiger partial charge is 0.260 e. The molecule has 0 spiro atoms. The van der Waals surface area contributed by atoms with E-state index in [-0.39, 0.29) is 18.4 Å². The molecular weight excluding hydrogens is 368 g/mol. The molecule has 148 valence electrons. The van der Waals surface area contributed by atoms with E-state index < -0.39 is 0 Å². The summed E-state index contributed by atoms with van der Waals surface area (Å²) in [5, 5.41) is 3.89. The standard InChI is InChI=1S/C19H27ClN4O3/c20-16-1-3-17(4-2-16)27-15-19(26)24-13-11-22(12-14-24)8-5-18(25)23-9-6-21-7-10-23/h1-4,21H,5-15H2. The van der Waals surface area contributed by atoms with Crippen molar-refractivity contribution in [3.63, 3.8) is 0 Å². The van der Waals surface area contributed by atoms with Gasteiger partial charge >= 0.3 is 0 Å². The Labute approximate surface area is 165 Å². The number of nitrogens with one attached hydrogen (secondary N) is 1. The second-order valence-corrected chi connectivity index (χ2v) is 7.28. The van der Waals surface area contributed by atoms with Crippen molar-refractivity contribution in [3.8, 4) is 5.75 Å². The molecule has 2 saturated heterocycles. The van der Waals surface area contributed by atoms with Crippen LogP contribution in [0, 0.1) is 0 Å². The zero-order valence-electron chi connectivity index (χ0n) is 15.5. The zero-order valence-corrected chi connectivity index (χ0v) is 16.3. The molecule has 2 aliphatic rings. The van der Waals surface area contributed by atoms with Crippen LogP contribution >= 0.6 is 11.6 Å². The van der Waals surface area contributed by atoms with E-state index in [1.165, 1.54) is 0 Å². The largest absolute Gasteiger partial charge is 0.484 e. The average Bonchev–Trinajstić information content (AvgIpc) is 2.72. The Hall–Kier alpha value is -1.83. The number of benzene rings is 1. The molecule has 0 bridgehead atoms. The Balaban J connectivity index is 1.33. The molecule has 0 aromatic heterocycles. The molecule has 0 saturated carbocycles. The lowest BCUT2D eigenvalue weighted by atomic mass is 10.2. The molecule has 0 aliphatic carbocycles. The summed E-state index contributed by atoms with van der Waals surface area (Å²) in [6.45, 7) is 7.08. The molecule has 0 unspecified atom stereocenters. The number of ether oxygens (including phenoxy) is 1. The monoisotopic (exact) mass is 394 g/mol. The lowest BCUT2D eigenvalue weighted by Crippen LogP contribution is -2.51. The predicted octanol–water partition coefficient (Wildman–Crippen LogP) is 0.685. The van der Waals surface area contributed by atoms with Crippen LogP contribution in [0.25, 0.3) is 0 Å². The van der Waals surface area contributed by atoms with Gasteiger partial charge in [0.1, 0.15) is 5.75 Å². The van der Waals surface area contributed by atoms with E-state index in [4.69, 9.17) is 16.3 Å². The van der Waals surface area contributed by atoms with Crippen molar-refractivity contribution in [3.05, 3.63) is 29.3 Å². The Morgan fingerprint density at radius 2 is 1.56 bits per heavy atom. The molecular formula is C19H27ClN4O3. The maximum atomic E-state index is 12.3. The highest BCUT2D eigenvalue weighted by atomic mass is 35.5. The third-order valence-electron chi connectivity index (χ3n) is 5.01. The van der Waals surface area contributed by atoms with Crippen molar-refractivity contribution in [2.75, 3.05) is 65.5 Å². The van der Waals surface area contributed by atoms with Gasteiger partial charge in [-0.05, 0) is 24.3 Å². The van der Waals surface area contributed by atoms with Gasteiger partial charge in [-0.15, -0.1) is 0 Å². The summed E-state index contributed by atoms with van der Waals surface area (Å²) in [5.74, 6) is 0.852. The molecule has 1 aromatic rings. The van der Waals surface area contributed by atoms with E-state index in [9.17, 15) is 9.59 Å². The van der Waals surface area contributed by atoms with Gasteiger partial charge in [-0.2, -0.15) is 0 Å². The van der Waals surface area contributed by atoms with Gasteiger partial charge in [-0.3, -0.25) is 14.5 Å². The van der Waals surface area contributed by atoms with Gasteiger partial charge in [0.25, 0.3) is 5.91 Å². The molecule has 1 aromatic carbocycles. The fourth-order valence-corrected chi connectivity index (χ4v) is 3.44. The van der Waals surface area contributed by atoms with Crippen LogP contribution in [0.2, 0.25) is 5.02 Å². The minimum atomic E-state index is -0.0125. The van der Waals surface area contributed by atoms with E-state index in [0.29, 0.717) is 30.3 Å². The number of amides is 2. The maximum Gasteiger partial charge on any atom is 0.260 e. The molecule has 8 heteroatoms. The van der Waals surface area contributed by atoms with Crippen LogP contribution in [0.15, 0.2) is 24.3 Å². The minimum absolute atomic E-state index is 0.0125. The second-order valence-electron chi connectivity index (χ2n) is 6.85. The molecule has 2 amide bonds. The maximum absolute atomic E-state index is 12.3. The topological polar surface area (TPSA) is 65.1 Å².